The molecular formula is C9H18N2O5S. The summed E-state index contributed by atoms with van der Waals surface area (Å²) in [5.74, 6) is -1.17. The van der Waals surface area contributed by atoms with Crippen molar-refractivity contribution in [1.29, 1.82) is 0 Å². The Morgan fingerprint density at radius 2 is 1.82 bits per heavy atom. The molecule has 17 heavy (non-hydrogen) atoms. The normalized spacial score (nSPS) is 11.9. The molecule has 0 aliphatic heterocycles. The zero-order valence-electron chi connectivity index (χ0n) is 10.1. The SMILES string of the molecule is CC(C)(NC(=O)NCCCS(C)(=O)=O)C(=O)O. The van der Waals surface area contributed by atoms with Crippen molar-refractivity contribution >= 4 is 21.8 Å². The third kappa shape index (κ3) is 7.56. The Bertz CT molecular complexity index is 388. The lowest BCUT2D eigenvalue weighted by molar-refractivity contribution is -0.142. The molecule has 0 radical (unpaired) electrons. The lowest BCUT2D eigenvalue weighted by Gasteiger charge is -2.21. The van der Waals surface area contributed by atoms with Gasteiger partial charge in [0.05, 0.1) is 5.75 Å². The number of hydrogen-bond acceptors (Lipinski definition) is 4. The Hall–Kier alpha value is -1.31. The van der Waals surface area contributed by atoms with Crippen LogP contribution < -0.4 is 10.6 Å². The molecule has 2 amide bonds. The first kappa shape index (κ1) is 15.7. The second-order valence-corrected chi connectivity index (χ2v) is 6.55. The van der Waals surface area contributed by atoms with Crippen molar-refractivity contribution in [3.63, 3.8) is 0 Å². The van der Waals surface area contributed by atoms with Crippen LogP contribution in [0, 0.1) is 0 Å². The van der Waals surface area contributed by atoms with E-state index in [4.69, 9.17) is 5.11 Å². The van der Waals surface area contributed by atoms with E-state index in [1.54, 1.807) is 0 Å². The lowest BCUT2D eigenvalue weighted by Crippen LogP contribution is -2.53. The monoisotopic (exact) mass is 266 g/mol. The zero-order chi connectivity index (χ0) is 13.7. The van der Waals surface area contributed by atoms with Gasteiger partial charge in [0.1, 0.15) is 15.4 Å². The lowest BCUT2D eigenvalue weighted by atomic mass is 10.1. The first-order chi connectivity index (χ1) is 7.54. The fourth-order valence-corrected chi connectivity index (χ4v) is 1.59. The number of carbonyl (C=O) groups excluding carboxylic acids is 1. The molecule has 0 atom stereocenters. The van der Waals surface area contributed by atoms with E-state index < -0.39 is 27.4 Å². The van der Waals surface area contributed by atoms with E-state index in [0.717, 1.165) is 6.26 Å². The highest BCUT2D eigenvalue weighted by Gasteiger charge is 2.28. The van der Waals surface area contributed by atoms with E-state index in [2.05, 4.69) is 10.6 Å². The first-order valence-electron chi connectivity index (χ1n) is 5.02. The fourth-order valence-electron chi connectivity index (χ4n) is 0.918. The van der Waals surface area contributed by atoms with Gasteiger partial charge in [0.25, 0.3) is 0 Å². The summed E-state index contributed by atoms with van der Waals surface area (Å²) in [5.41, 5.74) is -1.36. The van der Waals surface area contributed by atoms with Gasteiger partial charge in [-0.3, -0.25) is 0 Å². The van der Waals surface area contributed by atoms with Crippen molar-refractivity contribution in [2.24, 2.45) is 0 Å². The molecule has 0 rings (SSSR count). The van der Waals surface area contributed by atoms with Gasteiger partial charge in [0.2, 0.25) is 0 Å². The molecule has 0 saturated heterocycles. The maximum atomic E-state index is 11.3. The molecule has 0 spiro atoms. The van der Waals surface area contributed by atoms with E-state index in [-0.39, 0.29) is 12.3 Å². The van der Waals surface area contributed by atoms with Crippen molar-refractivity contribution in [3.05, 3.63) is 0 Å². The minimum absolute atomic E-state index is 0.0183. The number of sulfone groups is 1. The molecular weight excluding hydrogens is 248 g/mol. The summed E-state index contributed by atoms with van der Waals surface area (Å²) in [4.78, 5) is 21.9. The van der Waals surface area contributed by atoms with Crippen molar-refractivity contribution in [2.45, 2.75) is 25.8 Å². The third-order valence-corrected chi connectivity index (χ3v) is 2.97. The molecule has 8 heteroatoms. The van der Waals surface area contributed by atoms with Crippen LogP contribution in [-0.4, -0.2) is 49.6 Å². The average Bonchev–Trinajstić information content (AvgIpc) is 2.10. The second kappa shape index (κ2) is 5.85. The van der Waals surface area contributed by atoms with Crippen LogP contribution in [0.3, 0.4) is 0 Å². The summed E-state index contributed by atoms with van der Waals surface area (Å²) < 4.78 is 21.6. The van der Waals surface area contributed by atoms with Crippen LogP contribution in [0.2, 0.25) is 0 Å². The van der Waals surface area contributed by atoms with Crippen LogP contribution in [0.4, 0.5) is 4.79 Å². The van der Waals surface area contributed by atoms with Gasteiger partial charge in [0.15, 0.2) is 0 Å². The fraction of sp³-hybridized carbons (Fsp3) is 0.778. The van der Waals surface area contributed by atoms with E-state index >= 15 is 0 Å². The van der Waals surface area contributed by atoms with Crippen LogP contribution in [0.5, 0.6) is 0 Å². The van der Waals surface area contributed by atoms with E-state index in [1.165, 1.54) is 13.8 Å². The molecule has 0 aliphatic rings. The average molecular weight is 266 g/mol. The van der Waals surface area contributed by atoms with Gasteiger partial charge in [-0.1, -0.05) is 0 Å². The number of urea groups is 1. The third-order valence-electron chi connectivity index (χ3n) is 1.94. The number of hydrogen-bond donors (Lipinski definition) is 3. The molecule has 0 bridgehead atoms. The number of nitrogens with one attached hydrogen (secondary N) is 2. The minimum atomic E-state index is -3.04. The maximum absolute atomic E-state index is 11.3. The summed E-state index contributed by atoms with van der Waals surface area (Å²) >= 11 is 0. The van der Waals surface area contributed by atoms with Crippen molar-refractivity contribution < 1.29 is 23.1 Å². The van der Waals surface area contributed by atoms with Crippen LogP contribution in [0.15, 0.2) is 0 Å². The van der Waals surface area contributed by atoms with Crippen LogP contribution in [0.1, 0.15) is 20.3 Å². The number of carboxylic acids is 1. The Morgan fingerprint density at radius 1 is 1.29 bits per heavy atom. The number of carboxylic acid groups (broad SMARTS) is 1. The molecule has 0 heterocycles. The molecule has 100 valence electrons. The van der Waals surface area contributed by atoms with Gasteiger partial charge in [-0.05, 0) is 20.3 Å². The van der Waals surface area contributed by atoms with Crippen LogP contribution in [-0.2, 0) is 14.6 Å². The van der Waals surface area contributed by atoms with E-state index in [1.807, 2.05) is 0 Å². The predicted octanol–water partition coefficient (Wildman–Crippen LogP) is -0.416. The number of amides is 2. The maximum Gasteiger partial charge on any atom is 0.328 e. The van der Waals surface area contributed by atoms with Gasteiger partial charge in [-0.15, -0.1) is 0 Å². The predicted molar refractivity (Wildman–Crippen MR) is 62.6 cm³/mol. The van der Waals surface area contributed by atoms with Gasteiger partial charge in [-0.2, -0.15) is 0 Å². The Morgan fingerprint density at radius 3 is 2.24 bits per heavy atom. The highest BCUT2D eigenvalue weighted by molar-refractivity contribution is 7.90. The van der Waals surface area contributed by atoms with Gasteiger partial charge in [-0.25, -0.2) is 18.0 Å². The zero-order valence-corrected chi connectivity index (χ0v) is 10.9. The smallest absolute Gasteiger partial charge is 0.328 e. The Labute approximate surface area is 101 Å². The largest absolute Gasteiger partial charge is 0.480 e. The van der Waals surface area contributed by atoms with Gasteiger partial charge in [0, 0.05) is 12.8 Å². The topological polar surface area (TPSA) is 113 Å². The molecule has 0 aliphatic carbocycles. The second-order valence-electron chi connectivity index (χ2n) is 4.29. The standard InChI is InChI=1S/C9H18N2O5S/c1-9(2,7(12)13)11-8(14)10-5-4-6-17(3,15)16/h4-6H2,1-3H3,(H,12,13)(H2,10,11,14). The molecule has 0 aromatic carbocycles. The van der Waals surface area contributed by atoms with Crippen molar-refractivity contribution in [3.8, 4) is 0 Å². The summed E-state index contributed by atoms with van der Waals surface area (Å²) in [5, 5.41) is 13.4. The van der Waals surface area contributed by atoms with E-state index in [0.29, 0.717) is 6.42 Å². The summed E-state index contributed by atoms with van der Waals surface area (Å²) in [6, 6.07) is -0.633. The first-order valence-corrected chi connectivity index (χ1v) is 7.08. The highest BCUT2D eigenvalue weighted by atomic mass is 32.2. The quantitative estimate of drug-likeness (QED) is 0.565. The molecule has 0 saturated carbocycles. The molecule has 0 aromatic rings. The highest BCUT2D eigenvalue weighted by Crippen LogP contribution is 2.00. The molecule has 0 fully saturated rings. The summed E-state index contributed by atoms with van der Waals surface area (Å²) in [6.45, 7) is 2.88. The van der Waals surface area contributed by atoms with Crippen molar-refractivity contribution in [2.75, 3.05) is 18.6 Å². The molecule has 3 N–H and O–H groups in total. The minimum Gasteiger partial charge on any atom is -0.480 e. The molecule has 7 nitrogen and oxygen atoms in total. The van der Waals surface area contributed by atoms with Crippen LogP contribution >= 0.6 is 0 Å². The van der Waals surface area contributed by atoms with E-state index in [9.17, 15) is 18.0 Å². The Balaban J connectivity index is 3.94. The number of rotatable bonds is 6. The summed E-state index contributed by atoms with van der Waals surface area (Å²) in [6.07, 6.45) is 1.40. The number of aliphatic carboxylic acids is 1. The van der Waals surface area contributed by atoms with Gasteiger partial charge >= 0.3 is 12.0 Å². The molecule has 0 unspecified atom stereocenters. The van der Waals surface area contributed by atoms with Crippen molar-refractivity contribution in [1.82, 2.24) is 10.6 Å². The molecule has 0 aromatic heterocycles. The summed E-state index contributed by atoms with van der Waals surface area (Å²) in [7, 11) is -3.04. The van der Waals surface area contributed by atoms with Gasteiger partial charge < -0.3 is 15.7 Å². The Kier molecular flexibility index (Phi) is 5.40. The number of carbonyl (C=O) groups is 2. The van der Waals surface area contributed by atoms with Crippen LogP contribution in [0.25, 0.3) is 0 Å².